The summed E-state index contributed by atoms with van der Waals surface area (Å²) in [6.07, 6.45) is 0.832. The second-order valence-electron chi connectivity index (χ2n) is 7.94. The van der Waals surface area contributed by atoms with Gasteiger partial charge in [0.15, 0.2) is 5.75 Å². The van der Waals surface area contributed by atoms with Crippen LogP contribution in [-0.4, -0.2) is 85.3 Å². The number of nitrogens with zero attached hydrogens (tertiary/aromatic N) is 3. The SMILES string of the molecule is C[C@@H]1CN(C[C@H](O)COc2ccc(S(=O)(=O)N3CCCC3)cc2[N+](=O)[O-])C[C@H](C)O1. The molecule has 0 aliphatic carbocycles. The predicted molar refractivity (Wildman–Crippen MR) is 109 cm³/mol. The van der Waals surface area contributed by atoms with Crippen LogP contribution in [-0.2, 0) is 14.8 Å². The van der Waals surface area contributed by atoms with E-state index in [2.05, 4.69) is 4.90 Å². The fraction of sp³-hybridized carbons (Fsp3) is 0.684. The van der Waals surface area contributed by atoms with Gasteiger partial charge in [-0.05, 0) is 38.8 Å². The zero-order chi connectivity index (χ0) is 21.9. The second-order valence-corrected chi connectivity index (χ2v) is 9.88. The largest absolute Gasteiger partial charge is 0.484 e. The molecule has 30 heavy (non-hydrogen) atoms. The Labute approximate surface area is 176 Å². The van der Waals surface area contributed by atoms with E-state index in [-0.39, 0.29) is 29.5 Å². The number of aliphatic hydroxyl groups excluding tert-OH is 1. The highest BCUT2D eigenvalue weighted by molar-refractivity contribution is 7.89. The number of β-amino-alcohol motifs (C(OH)–C–C–N with tert-alkyl or cyclic N) is 1. The minimum absolute atomic E-state index is 0.0630. The van der Waals surface area contributed by atoms with Crippen LogP contribution in [0.25, 0.3) is 0 Å². The lowest BCUT2D eigenvalue weighted by molar-refractivity contribution is -0.386. The Morgan fingerprint density at radius 1 is 1.27 bits per heavy atom. The summed E-state index contributed by atoms with van der Waals surface area (Å²) in [5.74, 6) is -0.0665. The van der Waals surface area contributed by atoms with E-state index in [1.807, 2.05) is 13.8 Å². The van der Waals surface area contributed by atoms with Gasteiger partial charge in [-0.25, -0.2) is 8.42 Å². The third-order valence-corrected chi connectivity index (χ3v) is 7.12. The number of hydrogen-bond acceptors (Lipinski definition) is 8. The number of benzene rings is 1. The number of sulfonamides is 1. The van der Waals surface area contributed by atoms with E-state index in [0.29, 0.717) is 32.7 Å². The molecule has 2 aliphatic heterocycles. The molecule has 3 rings (SSSR count). The van der Waals surface area contributed by atoms with Crippen LogP contribution in [0.5, 0.6) is 5.75 Å². The van der Waals surface area contributed by atoms with Crippen LogP contribution < -0.4 is 4.74 Å². The third-order valence-electron chi connectivity index (χ3n) is 5.23. The highest BCUT2D eigenvalue weighted by Gasteiger charge is 2.30. The van der Waals surface area contributed by atoms with Crippen LogP contribution in [0.2, 0.25) is 0 Å². The lowest BCUT2D eigenvalue weighted by Gasteiger charge is -2.36. The van der Waals surface area contributed by atoms with Crippen LogP contribution in [0.4, 0.5) is 5.69 Å². The quantitative estimate of drug-likeness (QED) is 0.470. The Kier molecular flexibility index (Phi) is 7.30. The molecule has 2 saturated heterocycles. The Bertz CT molecular complexity index is 848. The monoisotopic (exact) mass is 443 g/mol. The molecule has 0 bridgehead atoms. The first-order chi connectivity index (χ1) is 14.2. The minimum atomic E-state index is -3.77. The lowest BCUT2D eigenvalue weighted by Crippen LogP contribution is -2.48. The Balaban J connectivity index is 1.66. The molecule has 168 valence electrons. The van der Waals surface area contributed by atoms with Gasteiger partial charge < -0.3 is 14.6 Å². The highest BCUT2D eigenvalue weighted by Crippen LogP contribution is 2.32. The predicted octanol–water partition coefficient (Wildman–Crippen LogP) is 1.23. The molecule has 1 N–H and O–H groups in total. The average molecular weight is 444 g/mol. The number of morpholine rings is 1. The summed E-state index contributed by atoms with van der Waals surface area (Å²) in [7, 11) is -3.77. The Hall–Kier alpha value is -1.79. The molecule has 10 nitrogen and oxygen atoms in total. The van der Waals surface area contributed by atoms with E-state index in [9.17, 15) is 23.6 Å². The van der Waals surface area contributed by atoms with Crippen molar-refractivity contribution < 1.29 is 27.9 Å². The van der Waals surface area contributed by atoms with Crippen LogP contribution in [0, 0.1) is 10.1 Å². The summed E-state index contributed by atoms with van der Waals surface area (Å²) in [4.78, 5) is 12.8. The number of rotatable bonds is 8. The van der Waals surface area contributed by atoms with E-state index < -0.39 is 26.7 Å². The zero-order valence-electron chi connectivity index (χ0n) is 17.3. The molecule has 3 atom stereocenters. The van der Waals surface area contributed by atoms with Crippen LogP contribution in [0.3, 0.4) is 0 Å². The summed E-state index contributed by atoms with van der Waals surface area (Å²) >= 11 is 0. The topological polar surface area (TPSA) is 122 Å². The molecular weight excluding hydrogens is 414 g/mol. The average Bonchev–Trinajstić information content (AvgIpc) is 3.21. The van der Waals surface area contributed by atoms with Gasteiger partial charge in [0.25, 0.3) is 0 Å². The lowest BCUT2D eigenvalue weighted by atomic mass is 10.2. The summed E-state index contributed by atoms with van der Waals surface area (Å²) in [6.45, 7) is 6.35. The van der Waals surface area contributed by atoms with Crippen molar-refractivity contribution in [2.24, 2.45) is 0 Å². The zero-order valence-corrected chi connectivity index (χ0v) is 18.1. The van der Waals surface area contributed by atoms with Crippen LogP contribution in [0.15, 0.2) is 23.1 Å². The van der Waals surface area contributed by atoms with E-state index in [1.54, 1.807) is 0 Å². The molecule has 11 heteroatoms. The Morgan fingerprint density at radius 3 is 2.50 bits per heavy atom. The molecule has 2 heterocycles. The summed E-state index contributed by atoms with van der Waals surface area (Å²) in [6, 6.07) is 3.63. The maximum Gasteiger partial charge on any atom is 0.312 e. The molecule has 0 aromatic heterocycles. The molecule has 1 aromatic rings. The molecule has 0 spiro atoms. The van der Waals surface area contributed by atoms with Crippen molar-refractivity contribution in [3.8, 4) is 5.75 Å². The molecule has 2 aliphatic rings. The smallest absolute Gasteiger partial charge is 0.312 e. The first kappa shape index (κ1) is 22.9. The number of ether oxygens (including phenoxy) is 2. The van der Waals surface area contributed by atoms with Crippen molar-refractivity contribution in [3.05, 3.63) is 28.3 Å². The van der Waals surface area contributed by atoms with Gasteiger partial charge in [-0.3, -0.25) is 15.0 Å². The van der Waals surface area contributed by atoms with Gasteiger partial charge in [0, 0.05) is 38.8 Å². The van der Waals surface area contributed by atoms with E-state index in [1.165, 1.54) is 16.4 Å². The van der Waals surface area contributed by atoms with Gasteiger partial charge in [-0.15, -0.1) is 0 Å². The van der Waals surface area contributed by atoms with Crippen molar-refractivity contribution in [2.45, 2.75) is 49.9 Å². The maximum atomic E-state index is 12.7. The number of hydrogen-bond donors (Lipinski definition) is 1. The number of nitro groups is 1. The molecule has 0 saturated carbocycles. The number of aliphatic hydroxyl groups is 1. The summed E-state index contributed by atoms with van der Waals surface area (Å²) in [5.41, 5.74) is -0.434. The van der Waals surface area contributed by atoms with Gasteiger partial charge in [-0.1, -0.05) is 0 Å². The summed E-state index contributed by atoms with van der Waals surface area (Å²) in [5, 5.41) is 21.8. The first-order valence-corrected chi connectivity index (χ1v) is 11.6. The third kappa shape index (κ3) is 5.46. The summed E-state index contributed by atoms with van der Waals surface area (Å²) < 4.78 is 37.8. The van der Waals surface area contributed by atoms with Gasteiger partial charge in [0.1, 0.15) is 12.7 Å². The highest BCUT2D eigenvalue weighted by atomic mass is 32.2. The van der Waals surface area contributed by atoms with Crippen molar-refractivity contribution in [1.29, 1.82) is 0 Å². The van der Waals surface area contributed by atoms with Gasteiger partial charge >= 0.3 is 5.69 Å². The van der Waals surface area contributed by atoms with Gasteiger partial charge in [0.05, 0.1) is 22.0 Å². The van der Waals surface area contributed by atoms with Gasteiger partial charge in [0.2, 0.25) is 10.0 Å². The van der Waals surface area contributed by atoms with Crippen LogP contribution in [0.1, 0.15) is 26.7 Å². The Morgan fingerprint density at radius 2 is 1.90 bits per heavy atom. The standard InChI is InChI=1S/C19H29N3O7S/c1-14-10-20(11-15(2)29-14)12-16(23)13-28-19-6-5-17(9-18(19)22(24)25)30(26,27)21-7-3-4-8-21/h5-6,9,14-16,23H,3-4,7-8,10-13H2,1-2H3/t14-,15+,16-/m0/s1. The second kappa shape index (κ2) is 9.56. The maximum absolute atomic E-state index is 12.7. The molecule has 0 amide bonds. The first-order valence-electron chi connectivity index (χ1n) is 10.1. The fourth-order valence-electron chi connectivity index (χ4n) is 3.97. The van der Waals surface area contributed by atoms with E-state index >= 15 is 0 Å². The van der Waals surface area contributed by atoms with Crippen molar-refractivity contribution in [3.63, 3.8) is 0 Å². The minimum Gasteiger partial charge on any atom is -0.484 e. The molecular formula is C19H29N3O7S. The van der Waals surface area contributed by atoms with E-state index in [4.69, 9.17) is 9.47 Å². The van der Waals surface area contributed by atoms with Crippen molar-refractivity contribution in [1.82, 2.24) is 9.21 Å². The fourth-order valence-corrected chi connectivity index (χ4v) is 5.51. The number of nitro benzene ring substituents is 1. The van der Waals surface area contributed by atoms with Crippen molar-refractivity contribution >= 4 is 15.7 Å². The van der Waals surface area contributed by atoms with E-state index in [0.717, 1.165) is 18.9 Å². The van der Waals surface area contributed by atoms with Crippen molar-refractivity contribution in [2.75, 3.05) is 39.3 Å². The molecule has 0 radical (unpaired) electrons. The van der Waals surface area contributed by atoms with Gasteiger partial charge in [-0.2, -0.15) is 4.31 Å². The molecule has 0 unspecified atom stereocenters. The normalized spacial score (nSPS) is 24.6. The molecule has 2 fully saturated rings. The van der Waals surface area contributed by atoms with Crippen LogP contribution >= 0.6 is 0 Å². The molecule has 1 aromatic carbocycles.